The van der Waals surface area contributed by atoms with Gasteiger partial charge in [-0.05, 0) is 43.4 Å². The second-order valence-corrected chi connectivity index (χ2v) is 9.63. The Morgan fingerprint density at radius 1 is 0.903 bits per heavy atom. The Balaban J connectivity index is 1.27. The summed E-state index contributed by atoms with van der Waals surface area (Å²) in [6, 6.07) is 4.02. The molecule has 7 nitrogen and oxygen atoms in total. The first-order valence-electron chi connectivity index (χ1n) is 11.4. The number of amides is 2. The van der Waals surface area contributed by atoms with Crippen LogP contribution in [-0.4, -0.2) is 90.1 Å². The summed E-state index contributed by atoms with van der Waals surface area (Å²) in [7, 11) is 0. The van der Waals surface area contributed by atoms with Crippen molar-refractivity contribution in [2.24, 2.45) is 0 Å². The highest BCUT2D eigenvalue weighted by Gasteiger charge is 2.31. The van der Waals surface area contributed by atoms with Crippen molar-refractivity contribution in [1.29, 1.82) is 0 Å². The summed E-state index contributed by atoms with van der Waals surface area (Å²) in [5.74, 6) is 0.326. The number of thiophene rings is 1. The Morgan fingerprint density at radius 2 is 1.61 bits per heavy atom. The molecule has 31 heavy (non-hydrogen) atoms. The molecule has 5 rings (SSSR count). The number of fused-ring (bicyclic) bond motifs is 1. The van der Waals surface area contributed by atoms with Crippen LogP contribution in [0.3, 0.4) is 0 Å². The van der Waals surface area contributed by atoms with Gasteiger partial charge in [0.2, 0.25) is 5.91 Å². The Morgan fingerprint density at radius 3 is 2.35 bits per heavy atom. The van der Waals surface area contributed by atoms with Gasteiger partial charge in [0.25, 0.3) is 5.91 Å². The first-order valence-corrected chi connectivity index (χ1v) is 12.2. The monoisotopic (exact) mass is 442 g/mol. The van der Waals surface area contributed by atoms with Crippen LogP contribution in [0.4, 0.5) is 0 Å². The van der Waals surface area contributed by atoms with Gasteiger partial charge in [0.1, 0.15) is 5.00 Å². The van der Waals surface area contributed by atoms with Crippen molar-refractivity contribution in [3.05, 3.63) is 40.5 Å². The lowest BCUT2D eigenvalue weighted by atomic mass is 9.95. The van der Waals surface area contributed by atoms with Crippen LogP contribution in [0.1, 0.15) is 33.6 Å². The number of hydrogen-bond donors (Lipinski definition) is 0. The molecule has 4 heterocycles. The SMILES string of the molecule is O=C(CN1CCN(C(=O)c2c(-n3cccc3)sc3c2CCCC3)CC1)N1CCOCC1. The summed E-state index contributed by atoms with van der Waals surface area (Å²) in [6.07, 6.45) is 8.52. The van der Waals surface area contributed by atoms with E-state index in [1.165, 1.54) is 16.9 Å². The number of aryl methyl sites for hydroxylation is 1. The molecule has 0 bridgehead atoms. The van der Waals surface area contributed by atoms with E-state index in [0.29, 0.717) is 45.9 Å². The lowest BCUT2D eigenvalue weighted by molar-refractivity contribution is -0.136. The van der Waals surface area contributed by atoms with Crippen molar-refractivity contribution < 1.29 is 14.3 Å². The third-order valence-corrected chi connectivity index (χ3v) is 7.89. The molecule has 0 radical (unpaired) electrons. The summed E-state index contributed by atoms with van der Waals surface area (Å²) < 4.78 is 7.43. The maximum Gasteiger partial charge on any atom is 0.257 e. The quantitative estimate of drug-likeness (QED) is 0.727. The average Bonchev–Trinajstić information content (AvgIpc) is 3.47. The third-order valence-electron chi connectivity index (χ3n) is 6.59. The van der Waals surface area contributed by atoms with E-state index in [1.54, 1.807) is 11.3 Å². The van der Waals surface area contributed by atoms with Crippen LogP contribution < -0.4 is 0 Å². The van der Waals surface area contributed by atoms with E-state index in [9.17, 15) is 9.59 Å². The van der Waals surface area contributed by atoms with Crippen LogP contribution in [-0.2, 0) is 22.4 Å². The standard InChI is InChI=1S/C23H30N4O3S/c28-20(25-13-15-30-16-14-25)17-24-9-11-26(12-10-24)22(29)21-18-5-1-2-6-19(18)31-23(21)27-7-3-4-8-27/h3-4,7-8H,1-2,5-6,9-17H2. The predicted octanol–water partition coefficient (Wildman–Crippen LogP) is 2.03. The molecule has 8 heteroatoms. The summed E-state index contributed by atoms with van der Waals surface area (Å²) in [6.45, 7) is 5.89. The lowest BCUT2D eigenvalue weighted by Crippen LogP contribution is -2.52. The first kappa shape index (κ1) is 20.7. The van der Waals surface area contributed by atoms with Gasteiger partial charge in [0, 0.05) is 56.5 Å². The summed E-state index contributed by atoms with van der Waals surface area (Å²) in [5, 5.41) is 1.06. The molecule has 166 valence electrons. The summed E-state index contributed by atoms with van der Waals surface area (Å²) >= 11 is 1.78. The number of piperazine rings is 1. The maximum absolute atomic E-state index is 13.6. The highest BCUT2D eigenvalue weighted by molar-refractivity contribution is 7.15. The zero-order valence-electron chi connectivity index (χ0n) is 17.9. The Hall–Kier alpha value is -2.16. The number of rotatable bonds is 4. The van der Waals surface area contributed by atoms with Gasteiger partial charge in [0.05, 0.1) is 25.3 Å². The number of morpholine rings is 1. The molecule has 2 aromatic heterocycles. The van der Waals surface area contributed by atoms with Gasteiger partial charge in [-0.2, -0.15) is 0 Å². The molecule has 0 N–H and O–H groups in total. The molecule has 0 aromatic carbocycles. The molecular weight excluding hydrogens is 412 g/mol. The minimum Gasteiger partial charge on any atom is -0.378 e. The molecule has 0 spiro atoms. The normalized spacial score (nSPS) is 20.0. The zero-order valence-corrected chi connectivity index (χ0v) is 18.7. The number of carbonyl (C=O) groups excluding carboxylic acids is 2. The molecule has 2 aliphatic heterocycles. The smallest absolute Gasteiger partial charge is 0.257 e. The van der Waals surface area contributed by atoms with Crippen LogP contribution in [0.15, 0.2) is 24.5 Å². The van der Waals surface area contributed by atoms with Gasteiger partial charge >= 0.3 is 0 Å². The van der Waals surface area contributed by atoms with Crippen LogP contribution in [0.2, 0.25) is 0 Å². The average molecular weight is 443 g/mol. The molecule has 1 aliphatic carbocycles. The molecule has 2 saturated heterocycles. The number of hydrogen-bond acceptors (Lipinski definition) is 5. The van der Waals surface area contributed by atoms with E-state index in [4.69, 9.17) is 4.74 Å². The van der Waals surface area contributed by atoms with E-state index in [1.807, 2.05) is 34.3 Å². The molecule has 0 saturated carbocycles. The van der Waals surface area contributed by atoms with Gasteiger partial charge < -0.3 is 19.1 Å². The molecule has 2 fully saturated rings. The first-order chi connectivity index (χ1) is 15.2. The minimum absolute atomic E-state index is 0.155. The summed E-state index contributed by atoms with van der Waals surface area (Å²) in [4.78, 5) is 33.6. The molecule has 2 aromatic rings. The van der Waals surface area contributed by atoms with Crippen LogP contribution in [0, 0.1) is 0 Å². The van der Waals surface area contributed by atoms with E-state index in [-0.39, 0.29) is 11.8 Å². The zero-order chi connectivity index (χ0) is 21.2. The fraction of sp³-hybridized carbons (Fsp3) is 0.565. The number of nitrogens with zero attached hydrogens (tertiary/aromatic N) is 4. The maximum atomic E-state index is 13.6. The van der Waals surface area contributed by atoms with Gasteiger partial charge in [-0.25, -0.2) is 0 Å². The molecule has 3 aliphatic rings. The predicted molar refractivity (Wildman–Crippen MR) is 120 cm³/mol. The van der Waals surface area contributed by atoms with E-state index in [2.05, 4.69) is 9.47 Å². The minimum atomic E-state index is 0.155. The van der Waals surface area contributed by atoms with Crippen LogP contribution in [0.25, 0.3) is 5.00 Å². The second-order valence-electron chi connectivity index (χ2n) is 8.54. The molecular formula is C23H30N4O3S. The van der Waals surface area contributed by atoms with E-state index in [0.717, 1.165) is 42.9 Å². The van der Waals surface area contributed by atoms with Gasteiger partial charge in [-0.1, -0.05) is 0 Å². The highest BCUT2D eigenvalue weighted by Crippen LogP contribution is 2.37. The molecule has 2 amide bonds. The fourth-order valence-electron chi connectivity index (χ4n) is 4.79. The Bertz CT molecular complexity index is 925. The highest BCUT2D eigenvalue weighted by atomic mass is 32.1. The molecule has 0 unspecified atom stereocenters. The van der Waals surface area contributed by atoms with Crippen LogP contribution >= 0.6 is 11.3 Å². The number of aromatic nitrogens is 1. The Labute approximate surface area is 187 Å². The van der Waals surface area contributed by atoms with Crippen molar-refractivity contribution in [1.82, 2.24) is 19.3 Å². The van der Waals surface area contributed by atoms with Crippen molar-refractivity contribution in [3.63, 3.8) is 0 Å². The fourth-order valence-corrected chi connectivity index (χ4v) is 6.14. The van der Waals surface area contributed by atoms with E-state index >= 15 is 0 Å². The molecule has 0 atom stereocenters. The van der Waals surface area contributed by atoms with E-state index < -0.39 is 0 Å². The topological polar surface area (TPSA) is 58.0 Å². The second kappa shape index (κ2) is 9.14. The van der Waals surface area contributed by atoms with Crippen molar-refractivity contribution in [2.75, 3.05) is 59.0 Å². The number of ether oxygens (including phenoxy) is 1. The Kier molecular flexibility index (Phi) is 6.11. The van der Waals surface area contributed by atoms with Crippen molar-refractivity contribution >= 4 is 23.2 Å². The summed E-state index contributed by atoms with van der Waals surface area (Å²) in [5.41, 5.74) is 2.18. The van der Waals surface area contributed by atoms with Gasteiger partial charge in [-0.3, -0.25) is 14.5 Å². The van der Waals surface area contributed by atoms with Gasteiger partial charge in [0.15, 0.2) is 0 Å². The largest absolute Gasteiger partial charge is 0.378 e. The van der Waals surface area contributed by atoms with Crippen molar-refractivity contribution in [2.45, 2.75) is 25.7 Å². The number of carbonyl (C=O) groups is 2. The third kappa shape index (κ3) is 4.29. The van der Waals surface area contributed by atoms with Crippen molar-refractivity contribution in [3.8, 4) is 5.00 Å². The van der Waals surface area contributed by atoms with Gasteiger partial charge in [-0.15, -0.1) is 11.3 Å². The lowest BCUT2D eigenvalue weighted by Gasteiger charge is -2.36. The van der Waals surface area contributed by atoms with Crippen LogP contribution in [0.5, 0.6) is 0 Å².